The number of carbonyl (C=O) groups is 4. The molecule has 1 N–H and O–H groups in total. The molecule has 2 aliphatic heterocycles. The molecule has 4 aliphatic rings. The Morgan fingerprint density at radius 3 is 2.42 bits per heavy atom. The number of halogens is 3. The van der Waals surface area contributed by atoms with Crippen molar-refractivity contribution in [1.82, 2.24) is 4.90 Å². The van der Waals surface area contributed by atoms with Gasteiger partial charge in [0.15, 0.2) is 9.75 Å². The molecule has 2 aromatic rings. The number of phenols is 1. The molecule has 208 valence electrons. The first-order valence-electron chi connectivity index (χ1n) is 12.8. The van der Waals surface area contributed by atoms with Gasteiger partial charge in [-0.1, -0.05) is 35.4 Å². The molecular weight excluding hydrogens is 579 g/mol. The molecule has 40 heavy (non-hydrogen) atoms. The SMILES string of the molecule is COc1cccc(O)c1[C@H]1C2=CC[C@@H]3C(=O)N(c4ccc(C)c(Cl)c4)C(=O)[C@@H]3[C@@H]2C[C@@]2(Cl)C(=O)N(C)C(=O)[C@@]12Cl. The van der Waals surface area contributed by atoms with E-state index in [1.54, 1.807) is 36.4 Å². The zero-order chi connectivity index (χ0) is 28.9. The van der Waals surface area contributed by atoms with Crippen LogP contribution in [-0.2, 0) is 19.2 Å². The minimum absolute atomic E-state index is 0.145. The number of carbonyl (C=O) groups excluding carboxylic acids is 4. The molecule has 6 rings (SSSR count). The van der Waals surface area contributed by atoms with E-state index in [2.05, 4.69) is 0 Å². The fourth-order valence-electron chi connectivity index (χ4n) is 7.04. The highest BCUT2D eigenvalue weighted by molar-refractivity contribution is 6.53. The van der Waals surface area contributed by atoms with Gasteiger partial charge in [0, 0.05) is 23.6 Å². The predicted molar refractivity (Wildman–Crippen MR) is 149 cm³/mol. The molecule has 0 aromatic heterocycles. The van der Waals surface area contributed by atoms with Crippen molar-refractivity contribution in [2.45, 2.75) is 35.4 Å². The van der Waals surface area contributed by atoms with Gasteiger partial charge in [-0.3, -0.25) is 24.1 Å². The molecule has 4 amide bonds. The van der Waals surface area contributed by atoms with Crippen molar-refractivity contribution < 1.29 is 29.0 Å². The Labute approximate surface area is 245 Å². The lowest BCUT2D eigenvalue weighted by Gasteiger charge is -2.50. The van der Waals surface area contributed by atoms with Crippen molar-refractivity contribution >= 4 is 64.1 Å². The predicted octanol–water partition coefficient (Wildman–Crippen LogP) is 4.56. The molecule has 6 atom stereocenters. The summed E-state index contributed by atoms with van der Waals surface area (Å²) in [5.74, 6) is -5.60. The highest BCUT2D eigenvalue weighted by Crippen LogP contribution is 2.66. The number of fused-ring (bicyclic) bond motifs is 4. The number of benzene rings is 2. The molecule has 0 radical (unpaired) electrons. The van der Waals surface area contributed by atoms with E-state index in [9.17, 15) is 24.3 Å². The Morgan fingerprint density at radius 2 is 1.75 bits per heavy atom. The Kier molecular flexibility index (Phi) is 6.08. The van der Waals surface area contributed by atoms with Crippen molar-refractivity contribution in [3.8, 4) is 11.5 Å². The summed E-state index contributed by atoms with van der Waals surface area (Å²) in [7, 11) is 2.72. The molecule has 2 saturated heterocycles. The Morgan fingerprint density at radius 1 is 1.02 bits per heavy atom. The van der Waals surface area contributed by atoms with Gasteiger partial charge in [0.25, 0.3) is 11.8 Å². The summed E-state index contributed by atoms with van der Waals surface area (Å²) in [5.41, 5.74) is 1.91. The first kappa shape index (κ1) is 27.1. The topological polar surface area (TPSA) is 104 Å². The summed E-state index contributed by atoms with van der Waals surface area (Å²) in [6.07, 6.45) is 1.85. The van der Waals surface area contributed by atoms with Crippen LogP contribution in [0.1, 0.15) is 29.9 Å². The second kappa shape index (κ2) is 8.96. The molecule has 2 heterocycles. The molecule has 3 fully saturated rings. The van der Waals surface area contributed by atoms with Crippen LogP contribution >= 0.6 is 34.8 Å². The number of amides is 4. The molecule has 0 spiro atoms. The van der Waals surface area contributed by atoms with Crippen LogP contribution in [0.25, 0.3) is 0 Å². The molecule has 1 saturated carbocycles. The third-order valence-corrected chi connectivity index (χ3v) is 10.8. The minimum atomic E-state index is -2.02. The summed E-state index contributed by atoms with van der Waals surface area (Å²) in [6, 6.07) is 9.60. The molecular formula is C29H25Cl3N2O6. The average Bonchev–Trinajstić information content (AvgIpc) is 3.25. The van der Waals surface area contributed by atoms with E-state index in [4.69, 9.17) is 39.5 Å². The fraction of sp³-hybridized carbons (Fsp3) is 0.379. The van der Waals surface area contributed by atoms with Crippen molar-refractivity contribution in [3.63, 3.8) is 0 Å². The van der Waals surface area contributed by atoms with Crippen LogP contribution in [0.15, 0.2) is 48.0 Å². The highest BCUT2D eigenvalue weighted by Gasteiger charge is 2.76. The minimum Gasteiger partial charge on any atom is -0.508 e. The lowest BCUT2D eigenvalue weighted by atomic mass is 9.56. The summed E-state index contributed by atoms with van der Waals surface area (Å²) >= 11 is 20.6. The Balaban J connectivity index is 1.54. The van der Waals surface area contributed by atoms with Gasteiger partial charge in [0.05, 0.1) is 24.6 Å². The number of aromatic hydroxyl groups is 1. The maximum atomic E-state index is 14.0. The number of alkyl halides is 2. The number of aryl methyl sites for hydroxylation is 1. The number of ether oxygens (including phenoxy) is 1. The standard InChI is InChI=1S/C29H25Cl3N2O6/c1-13-7-8-14(11-18(13)30)34-24(36)16-10-9-15-17(21(16)25(34)37)12-28(31)26(38)33(2)27(39)29(28,32)23(15)22-19(35)5-4-6-20(22)40-3/h4-9,11,16-17,21,23,35H,10,12H2,1-3H3/t16-,17+,21-,23+,28+,29-/m0/s1. The van der Waals surface area contributed by atoms with Crippen LogP contribution < -0.4 is 9.64 Å². The number of phenolic OH excluding ortho intramolecular Hbond substituents is 1. The van der Waals surface area contributed by atoms with Gasteiger partial charge >= 0.3 is 0 Å². The van der Waals surface area contributed by atoms with Crippen molar-refractivity contribution in [3.05, 3.63) is 64.2 Å². The van der Waals surface area contributed by atoms with Gasteiger partial charge < -0.3 is 9.84 Å². The maximum Gasteiger partial charge on any atom is 0.253 e. The number of likely N-dealkylation sites (tertiary alicyclic amines) is 1. The first-order valence-corrected chi connectivity index (χ1v) is 13.9. The van der Waals surface area contributed by atoms with Crippen LogP contribution in [0.4, 0.5) is 5.69 Å². The van der Waals surface area contributed by atoms with Gasteiger partial charge in [-0.25, -0.2) is 4.90 Å². The monoisotopic (exact) mass is 602 g/mol. The second-order valence-corrected chi connectivity index (χ2v) is 12.5. The molecule has 2 aromatic carbocycles. The first-order chi connectivity index (χ1) is 18.9. The third kappa shape index (κ3) is 3.27. The molecule has 8 nitrogen and oxygen atoms in total. The normalized spacial score (nSPS) is 33.1. The van der Waals surface area contributed by atoms with Crippen molar-refractivity contribution in [2.75, 3.05) is 19.1 Å². The summed E-state index contributed by atoms with van der Waals surface area (Å²) in [6.45, 7) is 1.82. The number of imide groups is 2. The van der Waals surface area contributed by atoms with E-state index in [0.29, 0.717) is 16.3 Å². The molecule has 2 aliphatic carbocycles. The van der Waals surface area contributed by atoms with E-state index in [1.807, 2.05) is 6.92 Å². The number of allylic oxidation sites excluding steroid dienone is 2. The lowest BCUT2D eigenvalue weighted by Crippen LogP contribution is -2.60. The van der Waals surface area contributed by atoms with Crippen molar-refractivity contribution in [2.24, 2.45) is 17.8 Å². The van der Waals surface area contributed by atoms with E-state index in [-0.39, 0.29) is 35.8 Å². The summed E-state index contributed by atoms with van der Waals surface area (Å²) in [5, 5.41) is 11.5. The lowest BCUT2D eigenvalue weighted by molar-refractivity contribution is -0.138. The van der Waals surface area contributed by atoms with Gasteiger partial charge in [0.2, 0.25) is 11.8 Å². The van der Waals surface area contributed by atoms with Crippen LogP contribution in [0.3, 0.4) is 0 Å². The number of nitrogens with zero attached hydrogens (tertiary/aromatic N) is 2. The zero-order valence-electron chi connectivity index (χ0n) is 21.8. The molecule has 11 heteroatoms. The van der Waals surface area contributed by atoms with Gasteiger partial charge in [-0.15, -0.1) is 23.2 Å². The quantitative estimate of drug-likeness (QED) is 0.314. The van der Waals surface area contributed by atoms with E-state index in [1.165, 1.54) is 20.2 Å². The van der Waals surface area contributed by atoms with Crippen LogP contribution in [-0.4, -0.2) is 57.5 Å². The summed E-state index contributed by atoms with van der Waals surface area (Å²) < 4.78 is 5.55. The fourth-order valence-corrected chi connectivity index (χ4v) is 8.21. The van der Waals surface area contributed by atoms with Crippen LogP contribution in [0.2, 0.25) is 5.02 Å². The maximum absolute atomic E-state index is 14.0. The number of methoxy groups -OCH3 is 1. The average molecular weight is 604 g/mol. The van der Waals surface area contributed by atoms with E-state index in [0.717, 1.165) is 15.4 Å². The third-order valence-electron chi connectivity index (χ3n) is 8.98. The summed E-state index contributed by atoms with van der Waals surface area (Å²) in [4.78, 5) is 53.0. The molecule has 0 unspecified atom stereocenters. The van der Waals surface area contributed by atoms with E-state index < -0.39 is 51.1 Å². The second-order valence-electron chi connectivity index (χ2n) is 10.8. The van der Waals surface area contributed by atoms with E-state index >= 15 is 0 Å². The van der Waals surface area contributed by atoms with Gasteiger partial charge in [-0.2, -0.15) is 0 Å². The van der Waals surface area contributed by atoms with Gasteiger partial charge in [-0.05, 0) is 55.5 Å². The largest absolute Gasteiger partial charge is 0.508 e. The molecule has 0 bridgehead atoms. The van der Waals surface area contributed by atoms with Crippen LogP contribution in [0, 0.1) is 24.7 Å². The Hall–Kier alpha value is -3.07. The Bertz CT molecular complexity index is 1560. The number of hydrogen-bond donors (Lipinski definition) is 1. The number of anilines is 1. The smallest absolute Gasteiger partial charge is 0.253 e. The van der Waals surface area contributed by atoms with Crippen molar-refractivity contribution in [1.29, 1.82) is 0 Å². The highest BCUT2D eigenvalue weighted by atomic mass is 35.5. The number of hydrogen-bond acceptors (Lipinski definition) is 6. The number of rotatable bonds is 3. The van der Waals surface area contributed by atoms with Gasteiger partial charge in [0.1, 0.15) is 11.5 Å². The van der Waals surface area contributed by atoms with Crippen LogP contribution in [0.5, 0.6) is 11.5 Å². The zero-order valence-corrected chi connectivity index (χ0v) is 24.0.